The molecule has 5 rings (SSSR count). The highest BCUT2D eigenvalue weighted by Gasteiger charge is 2.46. The molecule has 2 atom stereocenters. The van der Waals surface area contributed by atoms with Gasteiger partial charge in [-0.3, -0.25) is 0 Å². The lowest BCUT2D eigenvalue weighted by atomic mass is 9.86. The quantitative estimate of drug-likeness (QED) is 0.218. The summed E-state index contributed by atoms with van der Waals surface area (Å²) in [4.78, 5) is 0. The zero-order chi connectivity index (χ0) is 33.1. The largest absolute Gasteiger partial charge is 0.485 e. The van der Waals surface area contributed by atoms with Gasteiger partial charge >= 0.3 is 12.4 Å². The predicted octanol–water partition coefficient (Wildman–Crippen LogP) is 10.8. The van der Waals surface area contributed by atoms with E-state index >= 15 is 0 Å². The first-order valence-corrected chi connectivity index (χ1v) is 15.9. The van der Waals surface area contributed by atoms with E-state index in [1.54, 1.807) is 19.9 Å². The average Bonchev–Trinajstić information content (AvgIpc) is 2.99. The molecular formula is C35H38ClF6NO3. The van der Waals surface area contributed by atoms with Crippen molar-refractivity contribution in [1.29, 1.82) is 0 Å². The van der Waals surface area contributed by atoms with Gasteiger partial charge in [0, 0.05) is 29.4 Å². The Labute approximate surface area is 270 Å². The van der Waals surface area contributed by atoms with Crippen LogP contribution in [0.25, 0.3) is 0 Å². The van der Waals surface area contributed by atoms with E-state index in [1.807, 2.05) is 36.4 Å². The van der Waals surface area contributed by atoms with E-state index in [0.29, 0.717) is 47.5 Å². The number of benzene rings is 3. The summed E-state index contributed by atoms with van der Waals surface area (Å²) < 4.78 is 100. The highest BCUT2D eigenvalue weighted by Crippen LogP contribution is 2.45. The number of rotatable bonds is 10. The monoisotopic (exact) mass is 669 g/mol. The zero-order valence-electron chi connectivity index (χ0n) is 25.7. The fourth-order valence-corrected chi connectivity index (χ4v) is 6.50. The van der Waals surface area contributed by atoms with Gasteiger partial charge in [0.15, 0.2) is 0 Å². The van der Waals surface area contributed by atoms with Crippen molar-refractivity contribution < 1.29 is 40.6 Å². The van der Waals surface area contributed by atoms with E-state index < -0.39 is 47.9 Å². The van der Waals surface area contributed by atoms with Crippen LogP contribution in [0.5, 0.6) is 5.75 Å². The molecule has 1 saturated carbocycles. The minimum Gasteiger partial charge on any atom is -0.485 e. The van der Waals surface area contributed by atoms with Crippen molar-refractivity contribution in [2.24, 2.45) is 5.92 Å². The van der Waals surface area contributed by atoms with Crippen LogP contribution in [0, 0.1) is 5.92 Å². The van der Waals surface area contributed by atoms with Crippen molar-refractivity contribution in [1.82, 2.24) is 0 Å². The zero-order valence-corrected chi connectivity index (χ0v) is 26.5. The number of fused-ring (bicyclic) bond motifs is 1. The Bertz CT molecular complexity index is 1450. The predicted molar refractivity (Wildman–Crippen MR) is 165 cm³/mol. The Hall–Kier alpha value is -2.95. The van der Waals surface area contributed by atoms with E-state index in [-0.39, 0.29) is 11.6 Å². The minimum atomic E-state index is -4.96. The Balaban J connectivity index is 1.42. The van der Waals surface area contributed by atoms with Crippen LogP contribution in [-0.4, -0.2) is 18.3 Å². The number of nitrogens with one attached hydrogen (secondary N) is 1. The molecule has 250 valence electrons. The number of halogens is 7. The molecule has 1 N–H and O–H groups in total. The summed E-state index contributed by atoms with van der Waals surface area (Å²) in [5.41, 5.74) is -1.61. The van der Waals surface area contributed by atoms with Crippen LogP contribution in [-0.2, 0) is 35.0 Å². The summed E-state index contributed by atoms with van der Waals surface area (Å²) in [6.45, 7) is 3.96. The molecule has 4 nitrogen and oxygen atoms in total. The second-order valence-electron chi connectivity index (χ2n) is 12.7. The number of alkyl halides is 6. The van der Waals surface area contributed by atoms with Gasteiger partial charge in [0.25, 0.3) is 0 Å². The molecule has 1 aliphatic carbocycles. The molecule has 3 aromatic carbocycles. The van der Waals surface area contributed by atoms with Gasteiger partial charge in [-0.15, -0.1) is 0 Å². The smallest absolute Gasteiger partial charge is 0.416 e. The highest BCUT2D eigenvalue weighted by atomic mass is 35.5. The molecule has 0 saturated heterocycles. The Morgan fingerprint density at radius 3 is 2.20 bits per heavy atom. The second-order valence-corrected chi connectivity index (χ2v) is 13.1. The summed E-state index contributed by atoms with van der Waals surface area (Å²) in [5.74, 6) is 1.11. The van der Waals surface area contributed by atoms with Crippen LogP contribution in [0.3, 0.4) is 0 Å². The van der Waals surface area contributed by atoms with Crippen molar-refractivity contribution in [2.45, 2.75) is 95.7 Å². The van der Waals surface area contributed by atoms with Gasteiger partial charge in [-0.25, -0.2) is 0 Å². The molecule has 46 heavy (non-hydrogen) atoms. The van der Waals surface area contributed by atoms with Crippen molar-refractivity contribution in [2.75, 3.05) is 11.9 Å². The number of anilines is 1. The second kappa shape index (κ2) is 14.0. The van der Waals surface area contributed by atoms with Crippen molar-refractivity contribution in [3.63, 3.8) is 0 Å². The maximum atomic E-state index is 13.5. The third-order valence-electron chi connectivity index (χ3n) is 8.66. The summed E-state index contributed by atoms with van der Waals surface area (Å²) in [7, 11) is 0. The Morgan fingerprint density at radius 2 is 1.54 bits per heavy atom. The summed E-state index contributed by atoms with van der Waals surface area (Å²) in [5, 5.41) is 4.00. The Morgan fingerprint density at radius 1 is 0.848 bits per heavy atom. The molecule has 3 aromatic rings. The van der Waals surface area contributed by atoms with Gasteiger partial charge in [0.1, 0.15) is 23.6 Å². The molecule has 0 bridgehead atoms. The topological polar surface area (TPSA) is 39.7 Å². The molecular weight excluding hydrogens is 632 g/mol. The van der Waals surface area contributed by atoms with Crippen LogP contribution in [0.1, 0.15) is 86.3 Å². The van der Waals surface area contributed by atoms with Gasteiger partial charge in [0.2, 0.25) is 0 Å². The van der Waals surface area contributed by atoms with E-state index in [0.717, 1.165) is 30.5 Å². The molecule has 0 spiro atoms. The lowest BCUT2D eigenvalue weighted by Crippen LogP contribution is -2.51. The first-order valence-electron chi connectivity index (χ1n) is 15.5. The van der Waals surface area contributed by atoms with E-state index in [1.165, 1.54) is 19.3 Å². The van der Waals surface area contributed by atoms with Gasteiger partial charge in [-0.2, -0.15) is 26.3 Å². The van der Waals surface area contributed by atoms with Gasteiger partial charge in [-0.1, -0.05) is 55.8 Å². The van der Waals surface area contributed by atoms with Crippen LogP contribution in [0.15, 0.2) is 60.7 Å². The summed E-state index contributed by atoms with van der Waals surface area (Å²) in [6.07, 6.45) is -4.75. The van der Waals surface area contributed by atoms with Crippen molar-refractivity contribution in [3.05, 3.63) is 93.5 Å². The molecule has 0 amide bonds. The summed E-state index contributed by atoms with van der Waals surface area (Å²) >= 11 is 6.14. The van der Waals surface area contributed by atoms with Crippen molar-refractivity contribution in [3.8, 4) is 5.75 Å². The molecule has 1 fully saturated rings. The minimum absolute atomic E-state index is 0.114. The number of hydrogen-bond acceptors (Lipinski definition) is 4. The molecule has 11 heteroatoms. The number of hydrogen-bond donors (Lipinski definition) is 1. The maximum Gasteiger partial charge on any atom is 0.416 e. The summed E-state index contributed by atoms with van der Waals surface area (Å²) in [6, 6.07) is 14.6. The van der Waals surface area contributed by atoms with Crippen LogP contribution in [0.2, 0.25) is 5.02 Å². The Kier molecular flexibility index (Phi) is 10.5. The number of ether oxygens (including phenoxy) is 3. The standard InChI is InChI=1S/C35H38ClF6NO3/c1-33(2)32(45-21-24-15-25(34(37,38)39)18-26(16-24)35(40,41)42)31(44-14-13-22-7-4-3-5-8-22)29-19-28(11-12-30(29)46-33)43-20-23-9-6-10-27(36)17-23/h6,9-12,15-19,22,31-32,43H,3-5,7-8,13-14,20-21H2,1-2H3. The third kappa shape index (κ3) is 8.69. The highest BCUT2D eigenvalue weighted by molar-refractivity contribution is 6.30. The van der Waals surface area contributed by atoms with Gasteiger partial charge in [-0.05, 0) is 85.8 Å². The first kappa shape index (κ1) is 34.4. The van der Waals surface area contributed by atoms with Gasteiger partial charge < -0.3 is 19.5 Å². The molecule has 1 aliphatic heterocycles. The van der Waals surface area contributed by atoms with E-state index in [2.05, 4.69) is 5.32 Å². The first-order chi connectivity index (χ1) is 21.7. The molecule has 1 heterocycles. The van der Waals surface area contributed by atoms with E-state index in [9.17, 15) is 26.3 Å². The van der Waals surface area contributed by atoms with Crippen LogP contribution < -0.4 is 10.1 Å². The van der Waals surface area contributed by atoms with Crippen molar-refractivity contribution >= 4 is 17.3 Å². The molecule has 2 unspecified atom stereocenters. The normalized spacial score (nSPS) is 20.2. The molecule has 0 aromatic heterocycles. The fourth-order valence-electron chi connectivity index (χ4n) is 6.29. The van der Waals surface area contributed by atoms with Crippen LogP contribution >= 0.6 is 11.6 Å². The molecule has 2 aliphatic rings. The third-order valence-corrected chi connectivity index (χ3v) is 8.90. The van der Waals surface area contributed by atoms with Crippen LogP contribution in [0.4, 0.5) is 32.0 Å². The van der Waals surface area contributed by atoms with E-state index in [4.69, 9.17) is 25.8 Å². The van der Waals surface area contributed by atoms with Gasteiger partial charge in [0.05, 0.1) is 17.7 Å². The molecule has 0 radical (unpaired) electrons. The lowest BCUT2D eigenvalue weighted by Gasteiger charge is -2.44. The SMILES string of the molecule is CC1(C)Oc2ccc(NCc3cccc(Cl)c3)cc2C(OCCC2CCCCC2)C1OCc1cc(C(F)(F)F)cc(C(F)(F)F)c1. The fraction of sp³-hybridized carbons (Fsp3) is 0.486. The lowest BCUT2D eigenvalue weighted by molar-refractivity contribution is -0.168. The maximum absolute atomic E-state index is 13.5. The average molecular weight is 670 g/mol.